The van der Waals surface area contributed by atoms with Gasteiger partial charge < -0.3 is 31.0 Å². The summed E-state index contributed by atoms with van der Waals surface area (Å²) in [6.45, 7) is 0. The summed E-state index contributed by atoms with van der Waals surface area (Å²) >= 11 is 0. The molecule has 3 aromatic rings. The SMILES string of the molecule is NC(N)=N[C@H]1Oc2ccc(cc2)CC[C@@H](S(=O)(=O)[O-])[C@@H]2C=C([C@@H](O)c3ccc(O)cc3)CC[C@@H]2c2ccc1cc2.[Na+]. The summed E-state index contributed by atoms with van der Waals surface area (Å²) in [5.74, 6) is -0.428. The molecule has 5 aliphatic rings. The van der Waals surface area contributed by atoms with Crippen molar-refractivity contribution in [2.45, 2.75) is 49.2 Å². The second kappa shape index (κ2) is 13.0. The van der Waals surface area contributed by atoms with Crippen LogP contribution in [0, 0.1) is 5.92 Å². The Hall–Kier alpha value is -2.86. The zero-order valence-electron chi connectivity index (χ0n) is 22.8. The minimum Gasteiger partial charge on any atom is -0.748 e. The van der Waals surface area contributed by atoms with Crippen molar-refractivity contribution in [2.75, 3.05) is 0 Å². The predicted molar refractivity (Wildman–Crippen MR) is 150 cm³/mol. The first-order valence-electron chi connectivity index (χ1n) is 13.1. The molecule has 3 aromatic carbocycles. The number of phenolic OH excluding ortho intramolecular Hbond substituents is 1. The number of benzene rings is 3. The Labute approximate surface area is 262 Å². The van der Waals surface area contributed by atoms with Gasteiger partial charge in [0.05, 0.1) is 15.4 Å². The molecule has 4 aliphatic heterocycles. The van der Waals surface area contributed by atoms with Crippen LogP contribution in [0.1, 0.15) is 59.8 Å². The van der Waals surface area contributed by atoms with Crippen LogP contribution in [-0.4, -0.2) is 34.4 Å². The number of aliphatic hydroxyl groups excluding tert-OH is 1. The molecule has 0 amide bonds. The van der Waals surface area contributed by atoms with E-state index >= 15 is 0 Å². The van der Waals surface area contributed by atoms with Crippen LogP contribution in [0.5, 0.6) is 11.5 Å². The summed E-state index contributed by atoms with van der Waals surface area (Å²) in [7, 11) is -4.70. The van der Waals surface area contributed by atoms with Gasteiger partial charge >= 0.3 is 29.6 Å². The van der Waals surface area contributed by atoms with Crippen LogP contribution in [-0.2, 0) is 16.5 Å². The van der Waals surface area contributed by atoms with Gasteiger partial charge in [-0.2, -0.15) is 0 Å². The minimum atomic E-state index is -4.70. The molecule has 0 saturated heterocycles. The topological polar surface area (TPSA) is 171 Å². The fourth-order valence-corrected chi connectivity index (χ4v) is 6.79. The minimum absolute atomic E-state index is 0. The van der Waals surface area contributed by atoms with Crippen molar-refractivity contribution in [3.63, 3.8) is 0 Å². The normalized spacial score (nSPS) is 23.0. The van der Waals surface area contributed by atoms with Crippen molar-refractivity contribution in [3.8, 4) is 11.5 Å². The van der Waals surface area contributed by atoms with E-state index in [2.05, 4.69) is 4.99 Å². The number of aliphatic hydroxyl groups is 1. The number of aromatic hydroxyl groups is 1. The van der Waals surface area contributed by atoms with Crippen molar-refractivity contribution >= 4 is 16.1 Å². The molecule has 5 atom stereocenters. The molecule has 41 heavy (non-hydrogen) atoms. The number of ether oxygens (including phenoxy) is 1. The van der Waals surface area contributed by atoms with E-state index in [-0.39, 0.29) is 53.6 Å². The van der Waals surface area contributed by atoms with Crippen LogP contribution in [0.2, 0.25) is 0 Å². The first kappa shape index (κ1) is 31.1. The van der Waals surface area contributed by atoms with Gasteiger partial charge in [0.15, 0.2) is 5.96 Å². The second-order valence-electron chi connectivity index (χ2n) is 10.4. The zero-order valence-corrected chi connectivity index (χ0v) is 25.6. The predicted octanol–water partition coefficient (Wildman–Crippen LogP) is 0.761. The Kier molecular flexibility index (Phi) is 9.84. The van der Waals surface area contributed by atoms with Crippen LogP contribution >= 0.6 is 0 Å². The maximum absolute atomic E-state index is 12.7. The van der Waals surface area contributed by atoms with Crippen molar-refractivity contribution in [1.82, 2.24) is 0 Å². The number of guanidine groups is 1. The van der Waals surface area contributed by atoms with E-state index < -0.39 is 33.6 Å². The van der Waals surface area contributed by atoms with E-state index in [9.17, 15) is 23.2 Å². The standard InChI is InChI=1S/C30H33N3O6S.Na/c31-30(32)33-29-21-6-4-19(5-7-21)25-15-10-22(28(35)20-8-11-23(34)12-9-20)17-26(25)27(40(36,37)38)16-3-18-1-13-24(39-29)14-2-18;/h1-2,4-9,11-14,17,25-29,34-35H,3,10,15-16H2,(H4,31,32,33)(H,36,37,38);/q;+1/p-1/t25-,26-,27-,28+,29+;/m1./s1. The number of aliphatic imine (C=N–C) groups is 1. The zero-order chi connectivity index (χ0) is 28.4. The molecular formula is C30H32N3NaO6S. The van der Waals surface area contributed by atoms with Gasteiger partial charge in [-0.3, -0.25) is 0 Å². The van der Waals surface area contributed by atoms with Crippen LogP contribution in [0.4, 0.5) is 0 Å². The molecule has 0 spiro atoms. The monoisotopic (exact) mass is 585 g/mol. The van der Waals surface area contributed by atoms with E-state index in [1.54, 1.807) is 30.3 Å². The molecule has 4 heterocycles. The van der Waals surface area contributed by atoms with Crippen LogP contribution in [0.3, 0.4) is 0 Å². The van der Waals surface area contributed by atoms with Crippen LogP contribution < -0.4 is 45.8 Å². The Morgan fingerprint density at radius 3 is 2.17 bits per heavy atom. The fraction of sp³-hybridized carbons (Fsp3) is 0.300. The Morgan fingerprint density at radius 2 is 1.56 bits per heavy atom. The first-order valence-corrected chi connectivity index (χ1v) is 14.6. The third-order valence-corrected chi connectivity index (χ3v) is 9.07. The van der Waals surface area contributed by atoms with Gasteiger partial charge in [0.2, 0.25) is 6.23 Å². The molecule has 8 rings (SSSR count). The number of phenols is 1. The molecule has 0 unspecified atom stereocenters. The average Bonchev–Trinajstić information content (AvgIpc) is 2.93. The third-order valence-electron chi connectivity index (χ3n) is 7.78. The molecule has 6 N–H and O–H groups in total. The first-order chi connectivity index (χ1) is 19.1. The van der Waals surface area contributed by atoms with E-state index in [4.69, 9.17) is 16.2 Å². The van der Waals surface area contributed by atoms with Gasteiger partial charge in [-0.05, 0) is 84.0 Å². The van der Waals surface area contributed by atoms with Gasteiger partial charge in [0, 0.05) is 5.56 Å². The summed E-state index contributed by atoms with van der Waals surface area (Å²) in [5, 5.41) is 19.6. The number of hydrogen-bond donors (Lipinski definition) is 4. The van der Waals surface area contributed by atoms with Crippen LogP contribution in [0.15, 0.2) is 89.4 Å². The summed E-state index contributed by atoms with van der Waals surface area (Å²) in [6.07, 6.45) is 1.57. The maximum atomic E-state index is 12.7. The molecule has 1 aliphatic carbocycles. The Morgan fingerprint density at radius 1 is 0.927 bits per heavy atom. The molecule has 4 bridgehead atoms. The molecule has 9 nitrogen and oxygen atoms in total. The average molecular weight is 586 g/mol. The number of rotatable bonds is 4. The number of aryl methyl sites for hydroxylation is 1. The van der Waals surface area contributed by atoms with E-state index in [0.717, 1.165) is 11.1 Å². The number of allylic oxidation sites excluding steroid dienone is 1. The fourth-order valence-electron chi connectivity index (χ4n) is 5.73. The quantitative estimate of drug-likeness (QED) is 0.114. The Bertz CT molecular complexity index is 1510. The molecule has 210 valence electrons. The number of hydrogen-bond acceptors (Lipinski definition) is 7. The van der Waals surface area contributed by atoms with Crippen molar-refractivity contribution in [2.24, 2.45) is 22.4 Å². The smallest absolute Gasteiger partial charge is 0.748 e. The van der Waals surface area contributed by atoms with Gasteiger partial charge in [0.1, 0.15) is 17.6 Å². The van der Waals surface area contributed by atoms with Crippen molar-refractivity contribution in [3.05, 3.63) is 107 Å². The number of nitrogens with zero attached hydrogens (tertiary/aromatic N) is 1. The van der Waals surface area contributed by atoms with E-state index in [1.807, 2.05) is 36.4 Å². The largest absolute Gasteiger partial charge is 1.00 e. The maximum Gasteiger partial charge on any atom is 1.00 e. The molecule has 0 aromatic heterocycles. The van der Waals surface area contributed by atoms with Crippen LogP contribution in [0.25, 0.3) is 0 Å². The summed E-state index contributed by atoms with van der Waals surface area (Å²) < 4.78 is 44.3. The van der Waals surface area contributed by atoms with Gasteiger partial charge in [-0.1, -0.05) is 54.6 Å². The number of nitrogens with two attached hydrogens (primary N) is 2. The van der Waals surface area contributed by atoms with Crippen molar-refractivity contribution in [1.29, 1.82) is 0 Å². The third kappa shape index (κ3) is 7.32. The summed E-state index contributed by atoms with van der Waals surface area (Å²) in [6, 6.07) is 20.9. The van der Waals surface area contributed by atoms with E-state index in [0.29, 0.717) is 41.7 Å². The summed E-state index contributed by atoms with van der Waals surface area (Å²) in [4.78, 5) is 4.24. The van der Waals surface area contributed by atoms with Gasteiger partial charge in [-0.25, -0.2) is 13.4 Å². The van der Waals surface area contributed by atoms with E-state index in [1.165, 1.54) is 12.1 Å². The second-order valence-corrected chi connectivity index (χ2v) is 12.0. The molecule has 0 fully saturated rings. The molecular weight excluding hydrogens is 553 g/mol. The summed E-state index contributed by atoms with van der Waals surface area (Å²) in [5.41, 5.74) is 15.0. The Balaban J connectivity index is 0.00000387. The molecule has 0 radical (unpaired) electrons. The molecule has 11 heteroatoms. The van der Waals surface area contributed by atoms with Gasteiger partial charge in [0.25, 0.3) is 0 Å². The molecule has 0 saturated carbocycles. The van der Waals surface area contributed by atoms with Gasteiger partial charge in [-0.15, -0.1) is 0 Å². The van der Waals surface area contributed by atoms with Crippen molar-refractivity contribution < 1.29 is 57.5 Å².